The van der Waals surface area contributed by atoms with Crippen molar-refractivity contribution < 1.29 is 19.4 Å². The minimum absolute atomic E-state index is 0.00271. The summed E-state index contributed by atoms with van der Waals surface area (Å²) in [4.78, 5) is 23.0. The molecule has 4 nitrogen and oxygen atoms in total. The van der Waals surface area contributed by atoms with Crippen molar-refractivity contribution in [3.05, 3.63) is 0 Å². The van der Waals surface area contributed by atoms with E-state index in [1.165, 1.54) is 6.42 Å². The number of rotatable bonds is 4. The summed E-state index contributed by atoms with van der Waals surface area (Å²) in [7, 11) is 0. The summed E-state index contributed by atoms with van der Waals surface area (Å²) in [5, 5.41) is 9.26. The summed E-state index contributed by atoms with van der Waals surface area (Å²) in [6.45, 7) is 5.38. The minimum Gasteiger partial charge on any atom is -0.481 e. The fourth-order valence-corrected chi connectivity index (χ4v) is 2.55. The van der Waals surface area contributed by atoms with Crippen molar-refractivity contribution in [2.75, 3.05) is 0 Å². The Morgan fingerprint density at radius 2 is 1.78 bits per heavy atom. The van der Waals surface area contributed by atoms with Crippen molar-refractivity contribution in [3.8, 4) is 0 Å². The predicted molar refractivity (Wildman–Crippen MR) is 68.2 cm³/mol. The van der Waals surface area contributed by atoms with Gasteiger partial charge >= 0.3 is 11.9 Å². The van der Waals surface area contributed by atoms with E-state index in [-0.39, 0.29) is 12.3 Å². The van der Waals surface area contributed by atoms with Gasteiger partial charge in [0, 0.05) is 0 Å². The van der Waals surface area contributed by atoms with Gasteiger partial charge in [0.05, 0.1) is 12.3 Å². The lowest BCUT2D eigenvalue weighted by Crippen LogP contribution is -2.31. The molecule has 1 saturated carbocycles. The van der Waals surface area contributed by atoms with Crippen LogP contribution in [-0.4, -0.2) is 22.6 Å². The Bertz CT molecular complexity index is 297. The summed E-state index contributed by atoms with van der Waals surface area (Å²) < 4.78 is 5.21. The number of carboxylic acid groups (broad SMARTS) is 1. The summed E-state index contributed by atoms with van der Waals surface area (Å²) in [5.41, 5.74) is -0.549. The standard InChI is InChI=1S/C14H24O4/c1-14(2,3)18-12(15)9-11(13(16)17)10-7-5-4-6-8-10/h10-11H,4-9H2,1-3H3,(H,16,17)/t11-/m1/s1. The molecule has 104 valence electrons. The Morgan fingerprint density at radius 1 is 1.22 bits per heavy atom. The molecule has 0 radical (unpaired) electrons. The Hall–Kier alpha value is -1.06. The molecule has 0 saturated heterocycles. The Labute approximate surface area is 109 Å². The van der Waals surface area contributed by atoms with Gasteiger partial charge in [0.25, 0.3) is 0 Å². The number of carbonyl (C=O) groups excluding carboxylic acids is 1. The maximum Gasteiger partial charge on any atom is 0.307 e. The summed E-state index contributed by atoms with van der Waals surface area (Å²) in [6, 6.07) is 0. The zero-order valence-electron chi connectivity index (χ0n) is 11.6. The quantitative estimate of drug-likeness (QED) is 0.785. The third-order valence-corrected chi connectivity index (χ3v) is 3.34. The molecule has 0 unspecified atom stereocenters. The molecular formula is C14H24O4. The van der Waals surface area contributed by atoms with Crippen LogP contribution in [0.5, 0.6) is 0 Å². The van der Waals surface area contributed by atoms with Crippen molar-refractivity contribution >= 4 is 11.9 Å². The van der Waals surface area contributed by atoms with Crippen LogP contribution in [0.25, 0.3) is 0 Å². The van der Waals surface area contributed by atoms with Crippen molar-refractivity contribution in [1.29, 1.82) is 0 Å². The number of hydrogen-bond acceptors (Lipinski definition) is 3. The number of carboxylic acids is 1. The highest BCUT2D eigenvalue weighted by atomic mass is 16.6. The third kappa shape index (κ3) is 5.07. The molecule has 0 spiro atoms. The van der Waals surface area contributed by atoms with Gasteiger partial charge in [0.15, 0.2) is 0 Å². The van der Waals surface area contributed by atoms with Crippen molar-refractivity contribution in [2.24, 2.45) is 11.8 Å². The van der Waals surface area contributed by atoms with Gasteiger partial charge in [-0.3, -0.25) is 9.59 Å². The molecule has 18 heavy (non-hydrogen) atoms. The van der Waals surface area contributed by atoms with Gasteiger partial charge in [0.1, 0.15) is 5.60 Å². The number of hydrogen-bond donors (Lipinski definition) is 1. The first-order valence-corrected chi connectivity index (χ1v) is 6.74. The van der Waals surface area contributed by atoms with E-state index in [0.29, 0.717) is 0 Å². The topological polar surface area (TPSA) is 63.6 Å². The minimum atomic E-state index is -0.868. The lowest BCUT2D eigenvalue weighted by molar-refractivity contribution is -0.161. The van der Waals surface area contributed by atoms with E-state index < -0.39 is 23.5 Å². The zero-order valence-corrected chi connectivity index (χ0v) is 11.6. The molecule has 0 aromatic carbocycles. The maximum atomic E-state index is 11.7. The van der Waals surface area contributed by atoms with Crippen LogP contribution in [0.2, 0.25) is 0 Å². The van der Waals surface area contributed by atoms with Crippen LogP contribution in [0.15, 0.2) is 0 Å². The summed E-state index contributed by atoms with van der Waals surface area (Å²) in [6.07, 6.45) is 5.15. The summed E-state index contributed by atoms with van der Waals surface area (Å²) in [5.74, 6) is -1.72. The zero-order chi connectivity index (χ0) is 13.8. The number of ether oxygens (including phenoxy) is 1. The molecule has 0 aromatic heterocycles. The van der Waals surface area contributed by atoms with Crippen LogP contribution in [0.1, 0.15) is 59.3 Å². The molecule has 1 rings (SSSR count). The lowest BCUT2D eigenvalue weighted by Gasteiger charge is -2.28. The highest BCUT2D eigenvalue weighted by Crippen LogP contribution is 2.32. The smallest absolute Gasteiger partial charge is 0.307 e. The highest BCUT2D eigenvalue weighted by Gasteiger charge is 2.32. The van der Waals surface area contributed by atoms with Gasteiger partial charge in [-0.1, -0.05) is 19.3 Å². The molecule has 0 aliphatic heterocycles. The van der Waals surface area contributed by atoms with Crippen LogP contribution in [0.3, 0.4) is 0 Å². The van der Waals surface area contributed by atoms with Gasteiger partial charge in [-0.05, 0) is 39.5 Å². The highest BCUT2D eigenvalue weighted by molar-refractivity contribution is 5.79. The van der Waals surface area contributed by atoms with E-state index in [2.05, 4.69) is 0 Å². The van der Waals surface area contributed by atoms with Crippen LogP contribution >= 0.6 is 0 Å². The predicted octanol–water partition coefficient (Wildman–Crippen LogP) is 3.00. The Morgan fingerprint density at radius 3 is 2.22 bits per heavy atom. The number of carbonyl (C=O) groups is 2. The first-order valence-electron chi connectivity index (χ1n) is 6.74. The van der Waals surface area contributed by atoms with E-state index in [1.807, 2.05) is 0 Å². The monoisotopic (exact) mass is 256 g/mol. The SMILES string of the molecule is CC(C)(C)OC(=O)C[C@@H](C(=O)O)C1CCCCC1. The maximum absolute atomic E-state index is 11.7. The molecule has 1 aliphatic rings. The van der Waals surface area contributed by atoms with Crippen LogP contribution < -0.4 is 0 Å². The van der Waals surface area contributed by atoms with Crippen LogP contribution in [0, 0.1) is 11.8 Å². The molecule has 1 aliphatic carbocycles. The molecule has 0 aromatic rings. The molecule has 0 heterocycles. The molecular weight excluding hydrogens is 232 g/mol. The first-order chi connectivity index (χ1) is 8.29. The van der Waals surface area contributed by atoms with Gasteiger partial charge in [-0.15, -0.1) is 0 Å². The normalized spacial score (nSPS) is 19.3. The van der Waals surface area contributed by atoms with Crippen molar-refractivity contribution in [2.45, 2.75) is 64.9 Å². The second-order valence-electron chi connectivity index (χ2n) is 6.13. The van der Waals surface area contributed by atoms with E-state index in [9.17, 15) is 14.7 Å². The van der Waals surface area contributed by atoms with Gasteiger partial charge < -0.3 is 9.84 Å². The Balaban J connectivity index is 2.57. The van der Waals surface area contributed by atoms with Gasteiger partial charge in [0.2, 0.25) is 0 Å². The second kappa shape index (κ2) is 6.21. The van der Waals surface area contributed by atoms with Crippen LogP contribution in [0.4, 0.5) is 0 Å². The van der Waals surface area contributed by atoms with E-state index >= 15 is 0 Å². The third-order valence-electron chi connectivity index (χ3n) is 3.34. The molecule has 4 heteroatoms. The largest absolute Gasteiger partial charge is 0.481 e. The van der Waals surface area contributed by atoms with E-state index in [4.69, 9.17) is 4.74 Å². The fourth-order valence-electron chi connectivity index (χ4n) is 2.55. The number of esters is 1. The average molecular weight is 256 g/mol. The summed E-state index contributed by atoms with van der Waals surface area (Å²) >= 11 is 0. The number of aliphatic carboxylic acids is 1. The lowest BCUT2D eigenvalue weighted by atomic mass is 9.78. The first kappa shape index (κ1) is 15.0. The molecule has 1 fully saturated rings. The Kier molecular flexibility index (Phi) is 5.17. The van der Waals surface area contributed by atoms with Gasteiger partial charge in [-0.25, -0.2) is 0 Å². The molecule has 1 atom stereocenters. The van der Waals surface area contributed by atoms with Crippen molar-refractivity contribution in [3.63, 3.8) is 0 Å². The molecule has 0 bridgehead atoms. The van der Waals surface area contributed by atoms with Gasteiger partial charge in [-0.2, -0.15) is 0 Å². The second-order valence-corrected chi connectivity index (χ2v) is 6.13. The molecule has 0 amide bonds. The average Bonchev–Trinajstić information content (AvgIpc) is 2.24. The molecule has 1 N–H and O–H groups in total. The van der Waals surface area contributed by atoms with E-state index in [1.54, 1.807) is 20.8 Å². The van der Waals surface area contributed by atoms with Crippen molar-refractivity contribution in [1.82, 2.24) is 0 Å². The fraction of sp³-hybridized carbons (Fsp3) is 0.857. The van der Waals surface area contributed by atoms with E-state index in [0.717, 1.165) is 25.7 Å². The van der Waals surface area contributed by atoms with Crippen LogP contribution in [-0.2, 0) is 14.3 Å².